The summed E-state index contributed by atoms with van der Waals surface area (Å²) in [6, 6.07) is 5.93. The van der Waals surface area contributed by atoms with Gasteiger partial charge in [-0.3, -0.25) is 4.79 Å². The van der Waals surface area contributed by atoms with E-state index in [4.69, 9.17) is 4.74 Å². The Morgan fingerprint density at radius 1 is 1.28 bits per heavy atom. The molecule has 1 amide bonds. The van der Waals surface area contributed by atoms with Gasteiger partial charge in [0.15, 0.2) is 0 Å². The van der Waals surface area contributed by atoms with E-state index in [0.717, 1.165) is 45.4 Å². The number of carbonyl (C=O) groups is 1. The summed E-state index contributed by atoms with van der Waals surface area (Å²) in [5.74, 6) is 1.49. The van der Waals surface area contributed by atoms with E-state index in [1.165, 1.54) is 4.88 Å². The second-order valence-corrected chi connectivity index (χ2v) is 7.09. The quantitative estimate of drug-likeness (QED) is 0.792. The molecule has 0 aromatic carbocycles. The van der Waals surface area contributed by atoms with Gasteiger partial charge < -0.3 is 14.5 Å². The number of nitrogens with zero attached hydrogens (tertiary/aromatic N) is 4. The highest BCUT2D eigenvalue weighted by Gasteiger charge is 2.20. The molecule has 0 radical (unpaired) electrons. The van der Waals surface area contributed by atoms with Gasteiger partial charge in [-0.15, -0.1) is 11.3 Å². The third-order valence-electron chi connectivity index (χ3n) is 4.35. The highest BCUT2D eigenvalue weighted by Crippen LogP contribution is 2.16. The molecule has 3 rings (SSSR count). The van der Waals surface area contributed by atoms with Crippen molar-refractivity contribution < 1.29 is 9.53 Å². The Bertz CT molecular complexity index is 677. The summed E-state index contributed by atoms with van der Waals surface area (Å²) < 4.78 is 5.17. The molecule has 0 saturated carbocycles. The van der Waals surface area contributed by atoms with Crippen molar-refractivity contribution in [2.24, 2.45) is 0 Å². The Hall–Kier alpha value is -2.15. The number of rotatable bonds is 6. The lowest BCUT2D eigenvalue weighted by Gasteiger charge is -2.22. The van der Waals surface area contributed by atoms with E-state index in [1.807, 2.05) is 4.90 Å². The van der Waals surface area contributed by atoms with Crippen LogP contribution in [0.3, 0.4) is 0 Å². The zero-order valence-corrected chi connectivity index (χ0v) is 15.4. The molecule has 7 heteroatoms. The molecule has 1 saturated heterocycles. The van der Waals surface area contributed by atoms with Crippen LogP contribution < -0.4 is 9.64 Å². The van der Waals surface area contributed by atoms with Gasteiger partial charge in [0, 0.05) is 49.7 Å². The van der Waals surface area contributed by atoms with Crippen molar-refractivity contribution >= 4 is 23.2 Å². The number of thiophene rings is 1. The number of amides is 1. The van der Waals surface area contributed by atoms with Crippen LogP contribution in [0, 0.1) is 0 Å². The lowest BCUT2D eigenvalue weighted by molar-refractivity contribution is -0.131. The number of anilines is 1. The van der Waals surface area contributed by atoms with Crippen LogP contribution in [-0.2, 0) is 11.2 Å². The zero-order valence-electron chi connectivity index (χ0n) is 14.6. The van der Waals surface area contributed by atoms with Crippen LogP contribution >= 0.6 is 11.3 Å². The first-order chi connectivity index (χ1) is 12.3. The van der Waals surface area contributed by atoms with Crippen molar-refractivity contribution in [1.82, 2.24) is 14.9 Å². The van der Waals surface area contributed by atoms with Crippen LogP contribution in [0.25, 0.3) is 0 Å². The molecule has 25 heavy (non-hydrogen) atoms. The fourth-order valence-corrected chi connectivity index (χ4v) is 3.74. The van der Waals surface area contributed by atoms with E-state index in [-0.39, 0.29) is 5.91 Å². The molecule has 2 aromatic rings. The van der Waals surface area contributed by atoms with Crippen LogP contribution in [0.1, 0.15) is 24.1 Å². The van der Waals surface area contributed by atoms with Gasteiger partial charge in [-0.25, -0.2) is 4.98 Å². The Morgan fingerprint density at radius 3 is 3.00 bits per heavy atom. The molecular weight excluding hydrogens is 336 g/mol. The van der Waals surface area contributed by atoms with Gasteiger partial charge in [0.05, 0.1) is 7.11 Å². The predicted molar refractivity (Wildman–Crippen MR) is 99.3 cm³/mol. The maximum absolute atomic E-state index is 12.5. The Labute approximate surface area is 152 Å². The first kappa shape index (κ1) is 17.7. The summed E-state index contributed by atoms with van der Waals surface area (Å²) >= 11 is 1.76. The number of carbonyl (C=O) groups excluding carboxylic acids is 1. The third kappa shape index (κ3) is 4.92. The van der Waals surface area contributed by atoms with Crippen LogP contribution in [0.5, 0.6) is 5.88 Å². The molecule has 1 aliphatic heterocycles. The van der Waals surface area contributed by atoms with Gasteiger partial charge >= 0.3 is 0 Å². The minimum atomic E-state index is 0.255. The Balaban J connectivity index is 1.49. The van der Waals surface area contributed by atoms with Crippen molar-refractivity contribution in [2.75, 3.05) is 38.2 Å². The first-order valence-electron chi connectivity index (χ1n) is 8.68. The van der Waals surface area contributed by atoms with E-state index in [0.29, 0.717) is 18.2 Å². The molecule has 6 nitrogen and oxygen atoms in total. The van der Waals surface area contributed by atoms with Crippen molar-refractivity contribution in [3.63, 3.8) is 0 Å². The molecule has 0 bridgehead atoms. The number of methoxy groups -OCH3 is 1. The van der Waals surface area contributed by atoms with E-state index in [9.17, 15) is 4.79 Å². The highest BCUT2D eigenvalue weighted by molar-refractivity contribution is 7.09. The fraction of sp³-hybridized carbons (Fsp3) is 0.500. The monoisotopic (exact) mass is 360 g/mol. The second kappa shape index (κ2) is 8.80. The average Bonchev–Trinajstić information content (AvgIpc) is 3.03. The van der Waals surface area contributed by atoms with Crippen LogP contribution in [0.15, 0.2) is 29.8 Å². The van der Waals surface area contributed by atoms with E-state index < -0.39 is 0 Å². The largest absolute Gasteiger partial charge is 0.481 e. The summed E-state index contributed by atoms with van der Waals surface area (Å²) in [4.78, 5) is 26.7. The molecule has 0 aliphatic carbocycles. The van der Waals surface area contributed by atoms with Gasteiger partial charge in [-0.05, 0) is 30.7 Å². The van der Waals surface area contributed by atoms with Gasteiger partial charge in [0.25, 0.3) is 0 Å². The molecule has 3 heterocycles. The van der Waals surface area contributed by atoms with Gasteiger partial charge in [-0.2, -0.15) is 4.98 Å². The first-order valence-corrected chi connectivity index (χ1v) is 9.56. The normalized spacial score (nSPS) is 15.1. The van der Waals surface area contributed by atoms with E-state index in [2.05, 4.69) is 32.4 Å². The predicted octanol–water partition coefficient (Wildman–Crippen LogP) is 2.61. The number of hydrogen-bond acceptors (Lipinski definition) is 6. The number of ether oxygens (including phenoxy) is 1. The molecular formula is C18H24N4O2S. The number of aryl methyl sites for hydroxylation is 1. The SMILES string of the molecule is COc1ccnc(N2CCCN(C(=O)CCCc3cccs3)CC2)n1. The fourth-order valence-electron chi connectivity index (χ4n) is 2.99. The molecule has 0 spiro atoms. The smallest absolute Gasteiger partial charge is 0.228 e. The average molecular weight is 360 g/mol. The molecule has 1 aliphatic rings. The topological polar surface area (TPSA) is 58.6 Å². The van der Waals surface area contributed by atoms with Gasteiger partial charge in [-0.1, -0.05) is 6.07 Å². The summed E-state index contributed by atoms with van der Waals surface area (Å²) in [5.41, 5.74) is 0. The lowest BCUT2D eigenvalue weighted by atomic mass is 10.2. The standard InChI is InChI=1S/C18H24N4O2S/c1-24-16-8-9-19-18(20-16)22-11-4-10-21(12-13-22)17(23)7-2-5-15-6-3-14-25-15/h3,6,8-9,14H,2,4-5,7,10-13H2,1H3. The Kier molecular flexibility index (Phi) is 6.22. The zero-order chi connectivity index (χ0) is 17.5. The number of aromatic nitrogens is 2. The molecule has 0 unspecified atom stereocenters. The molecule has 0 atom stereocenters. The van der Waals surface area contributed by atoms with E-state index >= 15 is 0 Å². The summed E-state index contributed by atoms with van der Waals surface area (Å²) in [6.07, 6.45) is 5.16. The molecule has 2 aromatic heterocycles. The number of hydrogen-bond donors (Lipinski definition) is 0. The summed E-state index contributed by atoms with van der Waals surface area (Å²) in [7, 11) is 1.60. The maximum atomic E-state index is 12.5. The summed E-state index contributed by atoms with van der Waals surface area (Å²) in [6.45, 7) is 3.13. The lowest BCUT2D eigenvalue weighted by Crippen LogP contribution is -2.35. The molecule has 0 N–H and O–H groups in total. The van der Waals surface area contributed by atoms with Gasteiger partial charge in [0.1, 0.15) is 0 Å². The maximum Gasteiger partial charge on any atom is 0.228 e. The Morgan fingerprint density at radius 2 is 2.20 bits per heavy atom. The minimum absolute atomic E-state index is 0.255. The third-order valence-corrected chi connectivity index (χ3v) is 5.29. The van der Waals surface area contributed by atoms with Crippen LogP contribution in [0.4, 0.5) is 5.95 Å². The molecule has 134 valence electrons. The van der Waals surface area contributed by atoms with Crippen LogP contribution in [0.2, 0.25) is 0 Å². The second-order valence-electron chi connectivity index (χ2n) is 6.05. The van der Waals surface area contributed by atoms with E-state index in [1.54, 1.807) is 30.7 Å². The van der Waals surface area contributed by atoms with Crippen molar-refractivity contribution in [1.29, 1.82) is 0 Å². The van der Waals surface area contributed by atoms with Crippen LogP contribution in [-0.4, -0.2) is 54.1 Å². The highest BCUT2D eigenvalue weighted by atomic mass is 32.1. The minimum Gasteiger partial charge on any atom is -0.481 e. The molecule has 1 fully saturated rings. The van der Waals surface area contributed by atoms with Gasteiger partial charge in [0.2, 0.25) is 17.7 Å². The summed E-state index contributed by atoms with van der Waals surface area (Å²) in [5, 5.41) is 2.08. The van der Waals surface area contributed by atoms with Crippen molar-refractivity contribution in [3.8, 4) is 5.88 Å². The van der Waals surface area contributed by atoms with Crippen molar-refractivity contribution in [2.45, 2.75) is 25.7 Å². The van der Waals surface area contributed by atoms with Crippen molar-refractivity contribution in [3.05, 3.63) is 34.7 Å².